The third kappa shape index (κ3) is 6.01. The summed E-state index contributed by atoms with van der Waals surface area (Å²) < 4.78 is 6.10. The zero-order valence-corrected chi connectivity index (χ0v) is 18.8. The minimum Gasteiger partial charge on any atom is -0.488 e. The van der Waals surface area contributed by atoms with E-state index in [9.17, 15) is 4.79 Å². The minimum atomic E-state index is -0.291. The molecule has 0 aliphatic rings. The molecule has 0 atom stereocenters. The number of hydrogen-bond donors (Lipinski definition) is 1. The van der Waals surface area contributed by atoms with E-state index in [-0.39, 0.29) is 5.91 Å². The van der Waals surface area contributed by atoms with Gasteiger partial charge in [0, 0.05) is 11.9 Å². The Balaban J connectivity index is 1.62. The van der Waals surface area contributed by atoms with Gasteiger partial charge >= 0.3 is 0 Å². The van der Waals surface area contributed by atoms with Gasteiger partial charge in [-0.1, -0.05) is 38.1 Å². The summed E-state index contributed by atoms with van der Waals surface area (Å²) in [5.41, 5.74) is 9.28. The molecule has 0 aliphatic heterocycles. The standard InChI is InChI=1S/C26H29N3O2/c1-17(2)23-10-7-21(8-11-23)16-31-25-18(3)12-22(13-19(25)4)14-28-29-26(30)24-9-6-20(5)27-15-24/h6-15,17H,16H2,1-5H3,(H,29,30)/b28-14-. The Morgan fingerprint density at radius 3 is 2.32 bits per heavy atom. The summed E-state index contributed by atoms with van der Waals surface area (Å²) >= 11 is 0. The maximum absolute atomic E-state index is 12.1. The van der Waals surface area contributed by atoms with Crippen LogP contribution in [0.5, 0.6) is 5.75 Å². The second kappa shape index (κ2) is 10.0. The summed E-state index contributed by atoms with van der Waals surface area (Å²) in [6.45, 7) is 10.8. The molecular weight excluding hydrogens is 386 g/mol. The molecule has 0 saturated heterocycles. The van der Waals surface area contributed by atoms with Gasteiger partial charge in [0.05, 0.1) is 11.8 Å². The Hall–Kier alpha value is -3.47. The second-order valence-electron chi connectivity index (χ2n) is 8.06. The Labute approximate surface area is 184 Å². The third-order valence-corrected chi connectivity index (χ3v) is 5.07. The van der Waals surface area contributed by atoms with E-state index < -0.39 is 0 Å². The highest BCUT2D eigenvalue weighted by Crippen LogP contribution is 2.25. The first-order valence-electron chi connectivity index (χ1n) is 10.4. The van der Waals surface area contributed by atoms with Crippen molar-refractivity contribution in [3.05, 3.63) is 93.8 Å². The number of aryl methyl sites for hydroxylation is 3. The fourth-order valence-corrected chi connectivity index (χ4v) is 3.27. The number of pyridine rings is 1. The van der Waals surface area contributed by atoms with Crippen LogP contribution >= 0.6 is 0 Å². The molecule has 0 aliphatic carbocycles. The van der Waals surface area contributed by atoms with Gasteiger partial charge in [-0.05, 0) is 78.8 Å². The van der Waals surface area contributed by atoms with Crippen molar-refractivity contribution in [2.75, 3.05) is 0 Å². The highest BCUT2D eigenvalue weighted by atomic mass is 16.5. The maximum atomic E-state index is 12.1. The lowest BCUT2D eigenvalue weighted by Crippen LogP contribution is -2.17. The number of hydrazone groups is 1. The normalized spacial score (nSPS) is 11.2. The topological polar surface area (TPSA) is 63.6 Å². The van der Waals surface area contributed by atoms with E-state index in [1.165, 1.54) is 11.8 Å². The predicted molar refractivity (Wildman–Crippen MR) is 125 cm³/mol. The molecule has 5 heteroatoms. The van der Waals surface area contributed by atoms with Gasteiger partial charge in [-0.15, -0.1) is 0 Å². The van der Waals surface area contributed by atoms with Gasteiger partial charge in [0.25, 0.3) is 5.91 Å². The zero-order chi connectivity index (χ0) is 22.4. The lowest BCUT2D eigenvalue weighted by molar-refractivity contribution is 0.0955. The number of amides is 1. The summed E-state index contributed by atoms with van der Waals surface area (Å²) in [4.78, 5) is 16.3. The van der Waals surface area contributed by atoms with E-state index in [0.717, 1.165) is 33.7 Å². The molecule has 1 amide bonds. The van der Waals surface area contributed by atoms with Gasteiger partial charge in [0.2, 0.25) is 0 Å². The summed E-state index contributed by atoms with van der Waals surface area (Å²) in [5.74, 6) is 1.10. The molecule has 1 N–H and O–H groups in total. The Bertz CT molecular complexity index is 1050. The first-order chi connectivity index (χ1) is 14.8. The average molecular weight is 416 g/mol. The minimum absolute atomic E-state index is 0.291. The SMILES string of the molecule is Cc1ccc(C(=O)N/N=C\c2cc(C)c(OCc3ccc(C(C)C)cc3)c(C)c2)cn1. The van der Waals surface area contributed by atoms with Crippen LogP contribution in [-0.2, 0) is 6.61 Å². The van der Waals surface area contributed by atoms with E-state index in [1.54, 1.807) is 18.3 Å². The van der Waals surface area contributed by atoms with Crippen LogP contribution in [0.25, 0.3) is 0 Å². The molecule has 31 heavy (non-hydrogen) atoms. The predicted octanol–water partition coefficient (Wildman–Crippen LogP) is 5.47. The number of hydrogen-bond acceptors (Lipinski definition) is 4. The van der Waals surface area contributed by atoms with Crippen LogP contribution in [0.1, 0.15) is 63.6 Å². The molecule has 2 aromatic carbocycles. The summed E-state index contributed by atoms with van der Waals surface area (Å²) in [6.07, 6.45) is 3.17. The Morgan fingerprint density at radius 2 is 1.74 bits per heavy atom. The first-order valence-corrected chi connectivity index (χ1v) is 10.4. The van der Waals surface area contributed by atoms with Crippen LogP contribution in [0.4, 0.5) is 0 Å². The smallest absolute Gasteiger partial charge is 0.272 e. The van der Waals surface area contributed by atoms with Crippen molar-refractivity contribution in [2.24, 2.45) is 5.10 Å². The van der Waals surface area contributed by atoms with Crippen molar-refractivity contribution in [1.29, 1.82) is 0 Å². The van der Waals surface area contributed by atoms with Gasteiger partial charge in [-0.3, -0.25) is 9.78 Å². The van der Waals surface area contributed by atoms with Crippen molar-refractivity contribution in [1.82, 2.24) is 10.4 Å². The molecule has 0 bridgehead atoms. The van der Waals surface area contributed by atoms with Crippen LogP contribution in [-0.4, -0.2) is 17.1 Å². The van der Waals surface area contributed by atoms with Gasteiger partial charge in [0.1, 0.15) is 12.4 Å². The molecule has 0 saturated carbocycles. The molecule has 0 radical (unpaired) electrons. The van der Waals surface area contributed by atoms with Crippen molar-refractivity contribution in [3.63, 3.8) is 0 Å². The highest BCUT2D eigenvalue weighted by molar-refractivity contribution is 5.94. The molecule has 0 fully saturated rings. The molecule has 1 aromatic heterocycles. The van der Waals surface area contributed by atoms with Crippen molar-refractivity contribution in [2.45, 2.75) is 47.1 Å². The molecule has 0 unspecified atom stereocenters. The Morgan fingerprint density at radius 1 is 1.06 bits per heavy atom. The molecule has 5 nitrogen and oxygen atoms in total. The quantitative estimate of drug-likeness (QED) is 0.411. The van der Waals surface area contributed by atoms with Crippen LogP contribution in [0.15, 0.2) is 59.8 Å². The van der Waals surface area contributed by atoms with Gasteiger partial charge in [-0.2, -0.15) is 5.10 Å². The zero-order valence-electron chi connectivity index (χ0n) is 18.8. The van der Waals surface area contributed by atoms with Gasteiger partial charge in [-0.25, -0.2) is 5.43 Å². The van der Waals surface area contributed by atoms with Crippen LogP contribution < -0.4 is 10.2 Å². The highest BCUT2D eigenvalue weighted by Gasteiger charge is 2.08. The molecule has 3 aromatic rings. The largest absolute Gasteiger partial charge is 0.488 e. The van der Waals surface area contributed by atoms with E-state index in [4.69, 9.17) is 4.74 Å². The number of ether oxygens (including phenoxy) is 1. The third-order valence-electron chi connectivity index (χ3n) is 5.07. The number of nitrogens with one attached hydrogen (secondary N) is 1. The van der Waals surface area contributed by atoms with Crippen LogP contribution in [0.3, 0.4) is 0 Å². The van der Waals surface area contributed by atoms with Crippen LogP contribution in [0.2, 0.25) is 0 Å². The van der Waals surface area contributed by atoms with Crippen molar-refractivity contribution >= 4 is 12.1 Å². The van der Waals surface area contributed by atoms with Crippen molar-refractivity contribution in [3.8, 4) is 5.75 Å². The van der Waals surface area contributed by atoms with E-state index in [0.29, 0.717) is 18.1 Å². The molecule has 3 rings (SSSR count). The summed E-state index contributed by atoms with van der Waals surface area (Å²) in [5, 5.41) is 4.08. The number of carbonyl (C=O) groups is 1. The first kappa shape index (κ1) is 22.2. The fourth-order valence-electron chi connectivity index (χ4n) is 3.27. The number of nitrogens with zero attached hydrogens (tertiary/aromatic N) is 2. The van der Waals surface area contributed by atoms with Gasteiger partial charge in [0.15, 0.2) is 0 Å². The van der Waals surface area contributed by atoms with E-state index in [1.807, 2.05) is 32.9 Å². The van der Waals surface area contributed by atoms with Crippen molar-refractivity contribution < 1.29 is 9.53 Å². The molecule has 0 spiro atoms. The molecular formula is C26H29N3O2. The lowest BCUT2D eigenvalue weighted by Gasteiger charge is -2.14. The number of benzene rings is 2. The number of carbonyl (C=O) groups excluding carboxylic acids is 1. The number of aromatic nitrogens is 1. The Kier molecular flexibility index (Phi) is 7.19. The fraction of sp³-hybridized carbons (Fsp3) is 0.269. The lowest BCUT2D eigenvalue weighted by atomic mass is 10.0. The molecule has 1 heterocycles. The maximum Gasteiger partial charge on any atom is 0.272 e. The van der Waals surface area contributed by atoms with Gasteiger partial charge < -0.3 is 4.74 Å². The summed E-state index contributed by atoms with van der Waals surface area (Å²) in [7, 11) is 0. The number of rotatable bonds is 7. The molecule has 160 valence electrons. The van der Waals surface area contributed by atoms with E-state index in [2.05, 4.69) is 53.6 Å². The summed E-state index contributed by atoms with van der Waals surface area (Å²) in [6, 6.07) is 16.1. The van der Waals surface area contributed by atoms with Crippen LogP contribution in [0, 0.1) is 20.8 Å². The monoisotopic (exact) mass is 415 g/mol. The average Bonchev–Trinajstić information content (AvgIpc) is 2.74. The van der Waals surface area contributed by atoms with E-state index >= 15 is 0 Å². The second-order valence-corrected chi connectivity index (χ2v) is 8.06.